The summed E-state index contributed by atoms with van der Waals surface area (Å²) in [6.45, 7) is -0.517. The Bertz CT molecular complexity index is 1150. The minimum absolute atomic E-state index is 0.128. The van der Waals surface area contributed by atoms with Crippen LogP contribution in [0.2, 0.25) is 0 Å². The number of carbonyl (C=O) groups is 1. The zero-order valence-electron chi connectivity index (χ0n) is 16.4. The summed E-state index contributed by atoms with van der Waals surface area (Å²) < 4.78 is 65.6. The fraction of sp³-hybridized carbons (Fsp3) is 0.200. The summed E-state index contributed by atoms with van der Waals surface area (Å²) in [7, 11) is -3.99. The molecule has 0 bridgehead atoms. The van der Waals surface area contributed by atoms with Gasteiger partial charge in [-0.15, -0.1) is 0 Å². The zero-order chi connectivity index (χ0) is 22.6. The molecule has 0 radical (unpaired) electrons. The smallest absolute Gasteiger partial charge is 0.350 e. The number of amides is 1. The van der Waals surface area contributed by atoms with Gasteiger partial charge in [-0.05, 0) is 35.9 Å². The van der Waals surface area contributed by atoms with Crippen LogP contribution in [-0.2, 0) is 27.5 Å². The predicted molar refractivity (Wildman–Crippen MR) is 109 cm³/mol. The predicted octanol–water partition coefficient (Wildman–Crippen LogP) is 2.97. The van der Waals surface area contributed by atoms with Crippen LogP contribution in [0, 0.1) is 0 Å². The number of hydrogen-bond donors (Lipinski definition) is 1. The lowest BCUT2D eigenvalue weighted by Crippen LogP contribution is -2.40. The molecule has 0 saturated heterocycles. The maximum absolute atomic E-state index is 13.0. The van der Waals surface area contributed by atoms with E-state index in [4.69, 9.17) is 0 Å². The van der Waals surface area contributed by atoms with Crippen molar-refractivity contribution in [2.24, 2.45) is 0 Å². The van der Waals surface area contributed by atoms with Crippen LogP contribution in [0.1, 0.15) is 11.1 Å². The Balaban J connectivity index is 1.68. The largest absolute Gasteiger partial charge is 0.416 e. The Morgan fingerprint density at radius 1 is 1.16 bits per heavy atom. The lowest BCUT2D eigenvalue weighted by Gasteiger charge is -2.22. The first-order valence-corrected chi connectivity index (χ1v) is 10.9. The number of carbonyl (C=O) groups excluding carboxylic acids is 1. The SMILES string of the molecule is CS(=O)(=O)N(CC(=O)NCc1ccc(-n2ccnc2)cc1)c1cccc(C(F)(F)F)c1. The number of halogens is 3. The van der Waals surface area contributed by atoms with Crippen molar-refractivity contribution in [1.29, 1.82) is 0 Å². The summed E-state index contributed by atoms with van der Waals surface area (Å²) in [5.41, 5.74) is 0.400. The summed E-state index contributed by atoms with van der Waals surface area (Å²) in [5, 5.41) is 2.58. The Morgan fingerprint density at radius 3 is 2.45 bits per heavy atom. The Hall–Kier alpha value is -3.34. The van der Waals surface area contributed by atoms with Gasteiger partial charge in [0.2, 0.25) is 15.9 Å². The fourth-order valence-electron chi connectivity index (χ4n) is 2.82. The summed E-state index contributed by atoms with van der Waals surface area (Å²) in [6.07, 6.45) is 1.26. The molecule has 1 heterocycles. The maximum atomic E-state index is 13.0. The van der Waals surface area contributed by atoms with Gasteiger partial charge in [0.25, 0.3) is 0 Å². The van der Waals surface area contributed by atoms with Crippen molar-refractivity contribution in [3.63, 3.8) is 0 Å². The van der Waals surface area contributed by atoms with Crippen LogP contribution in [0.3, 0.4) is 0 Å². The van der Waals surface area contributed by atoms with E-state index in [0.717, 1.165) is 29.6 Å². The molecular weight excluding hydrogens is 433 g/mol. The first kappa shape index (κ1) is 22.3. The first-order chi connectivity index (χ1) is 14.5. The second kappa shape index (κ2) is 8.80. The molecule has 2 aromatic carbocycles. The maximum Gasteiger partial charge on any atom is 0.416 e. The third-order valence-electron chi connectivity index (χ3n) is 4.38. The van der Waals surface area contributed by atoms with Crippen LogP contribution in [-0.4, -0.2) is 36.7 Å². The Labute approximate surface area is 177 Å². The Kier molecular flexibility index (Phi) is 6.34. The van der Waals surface area contributed by atoms with E-state index in [0.29, 0.717) is 10.4 Å². The summed E-state index contributed by atoms with van der Waals surface area (Å²) in [6, 6.07) is 11.1. The summed E-state index contributed by atoms with van der Waals surface area (Å²) in [5.74, 6) is -0.651. The molecule has 3 aromatic rings. The van der Waals surface area contributed by atoms with Gasteiger partial charge in [-0.2, -0.15) is 13.2 Å². The number of imidazole rings is 1. The number of aromatic nitrogens is 2. The van der Waals surface area contributed by atoms with Crippen molar-refractivity contribution in [2.45, 2.75) is 12.7 Å². The second-order valence-electron chi connectivity index (χ2n) is 6.73. The number of nitrogens with zero attached hydrogens (tertiary/aromatic N) is 3. The number of anilines is 1. The third kappa shape index (κ3) is 5.85. The van der Waals surface area contributed by atoms with E-state index in [1.165, 1.54) is 6.07 Å². The normalized spacial score (nSPS) is 11.9. The number of alkyl halides is 3. The van der Waals surface area contributed by atoms with Crippen LogP contribution in [0.25, 0.3) is 5.69 Å². The van der Waals surface area contributed by atoms with Crippen molar-refractivity contribution in [3.05, 3.63) is 78.4 Å². The Morgan fingerprint density at radius 2 is 1.87 bits per heavy atom. The number of benzene rings is 2. The van der Waals surface area contributed by atoms with E-state index in [-0.39, 0.29) is 12.2 Å². The van der Waals surface area contributed by atoms with Gasteiger partial charge < -0.3 is 9.88 Å². The highest BCUT2D eigenvalue weighted by atomic mass is 32.2. The van der Waals surface area contributed by atoms with Crippen molar-refractivity contribution < 1.29 is 26.4 Å². The second-order valence-corrected chi connectivity index (χ2v) is 8.64. The molecule has 1 aromatic heterocycles. The number of hydrogen-bond acceptors (Lipinski definition) is 4. The quantitative estimate of drug-likeness (QED) is 0.598. The van der Waals surface area contributed by atoms with Gasteiger partial charge in [-0.25, -0.2) is 13.4 Å². The molecule has 0 saturated carbocycles. The summed E-state index contributed by atoms with van der Waals surface area (Å²) in [4.78, 5) is 16.3. The van der Waals surface area contributed by atoms with Gasteiger partial charge in [0.15, 0.2) is 0 Å². The lowest BCUT2D eigenvalue weighted by molar-refractivity contribution is -0.137. The van der Waals surface area contributed by atoms with Crippen LogP contribution < -0.4 is 9.62 Å². The van der Waals surface area contributed by atoms with Crippen molar-refractivity contribution in [1.82, 2.24) is 14.9 Å². The molecule has 0 spiro atoms. The van der Waals surface area contributed by atoms with E-state index in [2.05, 4.69) is 10.3 Å². The monoisotopic (exact) mass is 452 g/mol. The van der Waals surface area contributed by atoms with Gasteiger partial charge in [0, 0.05) is 24.6 Å². The van der Waals surface area contributed by atoms with Gasteiger partial charge in [0.05, 0.1) is 23.8 Å². The van der Waals surface area contributed by atoms with Crippen LogP contribution in [0.5, 0.6) is 0 Å². The highest BCUT2D eigenvalue weighted by Crippen LogP contribution is 2.32. The van der Waals surface area contributed by atoms with E-state index in [1.807, 2.05) is 12.1 Å². The lowest BCUT2D eigenvalue weighted by atomic mass is 10.2. The molecule has 1 amide bonds. The molecule has 0 unspecified atom stereocenters. The van der Waals surface area contributed by atoms with Gasteiger partial charge in [0.1, 0.15) is 6.54 Å². The molecule has 0 atom stereocenters. The molecule has 31 heavy (non-hydrogen) atoms. The van der Waals surface area contributed by atoms with Gasteiger partial charge in [-0.1, -0.05) is 18.2 Å². The summed E-state index contributed by atoms with van der Waals surface area (Å²) >= 11 is 0. The van der Waals surface area contributed by atoms with Crippen LogP contribution in [0.4, 0.5) is 18.9 Å². The average Bonchev–Trinajstić information content (AvgIpc) is 3.24. The highest BCUT2D eigenvalue weighted by Gasteiger charge is 2.32. The molecule has 0 aliphatic rings. The molecule has 0 fully saturated rings. The average molecular weight is 452 g/mol. The molecule has 164 valence electrons. The third-order valence-corrected chi connectivity index (χ3v) is 5.52. The molecule has 1 N–H and O–H groups in total. The molecule has 0 aliphatic carbocycles. The zero-order valence-corrected chi connectivity index (χ0v) is 17.2. The van der Waals surface area contributed by atoms with E-state index in [9.17, 15) is 26.4 Å². The number of rotatable bonds is 7. The molecule has 7 nitrogen and oxygen atoms in total. The van der Waals surface area contributed by atoms with Crippen LogP contribution in [0.15, 0.2) is 67.3 Å². The minimum atomic E-state index is -4.63. The number of sulfonamides is 1. The number of nitrogens with one attached hydrogen (secondary N) is 1. The molecule has 0 aliphatic heterocycles. The van der Waals surface area contributed by atoms with Crippen molar-refractivity contribution >= 4 is 21.6 Å². The van der Waals surface area contributed by atoms with Crippen LogP contribution >= 0.6 is 0 Å². The minimum Gasteiger partial charge on any atom is -0.350 e. The standard InChI is InChI=1S/C20H19F3N4O3S/c1-31(29,30)27(18-4-2-3-16(11-18)20(21,22)23)13-19(28)25-12-15-5-7-17(8-6-15)26-10-9-24-14-26/h2-11,14H,12-13H2,1H3,(H,25,28). The first-order valence-electron chi connectivity index (χ1n) is 9.03. The van der Waals surface area contributed by atoms with E-state index >= 15 is 0 Å². The van der Waals surface area contributed by atoms with Crippen molar-refractivity contribution in [2.75, 3.05) is 17.1 Å². The highest BCUT2D eigenvalue weighted by molar-refractivity contribution is 7.92. The molecule has 11 heteroatoms. The van der Waals surface area contributed by atoms with Gasteiger partial charge >= 0.3 is 6.18 Å². The van der Waals surface area contributed by atoms with Crippen molar-refractivity contribution in [3.8, 4) is 5.69 Å². The van der Waals surface area contributed by atoms with Gasteiger partial charge in [-0.3, -0.25) is 9.10 Å². The topological polar surface area (TPSA) is 84.3 Å². The fourth-order valence-corrected chi connectivity index (χ4v) is 3.67. The molecule has 3 rings (SSSR count). The van der Waals surface area contributed by atoms with E-state index in [1.54, 1.807) is 35.4 Å². The van der Waals surface area contributed by atoms with E-state index < -0.39 is 34.2 Å². The molecular formula is C20H19F3N4O3S.